The van der Waals surface area contributed by atoms with Crippen LogP contribution in [0.5, 0.6) is 0 Å². The molecule has 3 rings (SSSR count). The highest BCUT2D eigenvalue weighted by molar-refractivity contribution is 5.89. The highest BCUT2D eigenvalue weighted by atomic mass is 16.4. The Kier molecular flexibility index (Phi) is 2.52. The van der Waals surface area contributed by atoms with Gasteiger partial charge in [-0.25, -0.2) is 4.79 Å². The van der Waals surface area contributed by atoms with Gasteiger partial charge < -0.3 is 5.11 Å². The van der Waals surface area contributed by atoms with E-state index in [1.807, 2.05) is 24.3 Å². The van der Waals surface area contributed by atoms with E-state index in [0.29, 0.717) is 0 Å². The zero-order valence-corrected chi connectivity index (χ0v) is 10.2. The summed E-state index contributed by atoms with van der Waals surface area (Å²) in [7, 11) is 1.73. The maximum atomic E-state index is 10.9. The number of carbonyl (C=O) groups is 1. The van der Waals surface area contributed by atoms with Gasteiger partial charge in [-0.05, 0) is 23.6 Å². The van der Waals surface area contributed by atoms with E-state index in [0.717, 1.165) is 22.0 Å². The van der Waals surface area contributed by atoms with E-state index in [1.165, 1.54) is 0 Å². The topological polar surface area (TPSA) is 68.0 Å². The first-order chi connectivity index (χ1) is 9.15. The van der Waals surface area contributed by atoms with Gasteiger partial charge in [-0.3, -0.25) is 9.67 Å². The number of hydrogen-bond acceptors (Lipinski definition) is 3. The number of aromatic nitrogens is 3. The van der Waals surface area contributed by atoms with Gasteiger partial charge in [0.1, 0.15) is 0 Å². The quantitative estimate of drug-likeness (QED) is 0.761. The Hall–Kier alpha value is -2.69. The molecule has 0 bridgehead atoms. The minimum atomic E-state index is -1.02. The van der Waals surface area contributed by atoms with Crippen LogP contribution in [0.15, 0.2) is 42.7 Å². The van der Waals surface area contributed by atoms with E-state index in [4.69, 9.17) is 5.11 Å². The van der Waals surface area contributed by atoms with Crippen molar-refractivity contribution in [3.05, 3.63) is 48.4 Å². The predicted octanol–water partition coefficient (Wildman–Crippen LogP) is 2.33. The van der Waals surface area contributed by atoms with Crippen LogP contribution in [0.25, 0.3) is 22.0 Å². The Labute approximate surface area is 109 Å². The molecule has 0 amide bonds. The summed E-state index contributed by atoms with van der Waals surface area (Å²) in [4.78, 5) is 15.0. The smallest absolute Gasteiger partial charge is 0.356 e. The molecule has 0 radical (unpaired) electrons. The van der Waals surface area contributed by atoms with Gasteiger partial charge in [0.25, 0.3) is 0 Å². The van der Waals surface area contributed by atoms with Crippen molar-refractivity contribution in [2.75, 3.05) is 0 Å². The molecule has 0 atom stereocenters. The number of nitrogens with zero attached hydrogens (tertiary/aromatic N) is 3. The number of carboxylic acids is 1. The zero-order chi connectivity index (χ0) is 13.4. The number of aromatic carboxylic acids is 1. The molecule has 2 heterocycles. The molecular weight excluding hydrogens is 242 g/mol. The van der Waals surface area contributed by atoms with Gasteiger partial charge in [-0.2, -0.15) is 5.10 Å². The lowest BCUT2D eigenvalue weighted by Crippen LogP contribution is -1.99. The summed E-state index contributed by atoms with van der Waals surface area (Å²) in [5.74, 6) is -1.02. The number of aryl methyl sites for hydroxylation is 1. The Balaban J connectivity index is 2.16. The van der Waals surface area contributed by atoms with Gasteiger partial charge in [-0.1, -0.05) is 12.1 Å². The van der Waals surface area contributed by atoms with Crippen LogP contribution >= 0.6 is 0 Å². The minimum Gasteiger partial charge on any atom is -0.476 e. The maximum absolute atomic E-state index is 10.9. The third-order valence-electron chi connectivity index (χ3n) is 3.04. The number of carboxylic acid groups (broad SMARTS) is 1. The number of hydrogen-bond donors (Lipinski definition) is 1. The first kappa shape index (κ1) is 11.4. The van der Waals surface area contributed by atoms with E-state index in [2.05, 4.69) is 10.1 Å². The summed E-state index contributed by atoms with van der Waals surface area (Å²) in [6, 6.07) is 9.42. The standard InChI is InChI=1S/C14H11N3O2/c1-17-13(7-12(16-17)14(18)19)10-3-2-9-4-5-15-8-11(9)6-10/h2-8H,1H3,(H,18,19). The molecule has 1 aromatic carbocycles. The summed E-state index contributed by atoms with van der Waals surface area (Å²) in [5, 5.41) is 15.0. The zero-order valence-electron chi connectivity index (χ0n) is 10.2. The Morgan fingerprint density at radius 3 is 2.79 bits per heavy atom. The predicted molar refractivity (Wildman–Crippen MR) is 70.9 cm³/mol. The molecule has 0 aliphatic rings. The molecule has 19 heavy (non-hydrogen) atoms. The Morgan fingerprint density at radius 2 is 2.05 bits per heavy atom. The van der Waals surface area contributed by atoms with Crippen molar-refractivity contribution in [1.29, 1.82) is 0 Å². The van der Waals surface area contributed by atoms with Crippen LogP contribution in [0.2, 0.25) is 0 Å². The van der Waals surface area contributed by atoms with Gasteiger partial charge >= 0.3 is 5.97 Å². The lowest BCUT2D eigenvalue weighted by molar-refractivity contribution is 0.0689. The van der Waals surface area contributed by atoms with E-state index < -0.39 is 5.97 Å². The van der Waals surface area contributed by atoms with Crippen molar-refractivity contribution in [2.45, 2.75) is 0 Å². The number of pyridine rings is 1. The highest BCUT2D eigenvalue weighted by Crippen LogP contribution is 2.24. The van der Waals surface area contributed by atoms with Crippen molar-refractivity contribution in [3.8, 4) is 11.3 Å². The molecule has 5 nitrogen and oxygen atoms in total. The van der Waals surface area contributed by atoms with E-state index in [1.54, 1.807) is 30.2 Å². The van der Waals surface area contributed by atoms with Crippen LogP contribution in [-0.2, 0) is 7.05 Å². The van der Waals surface area contributed by atoms with Crippen LogP contribution in [0.4, 0.5) is 0 Å². The summed E-state index contributed by atoms with van der Waals surface area (Å²) in [5.41, 5.74) is 1.73. The largest absolute Gasteiger partial charge is 0.476 e. The molecule has 0 spiro atoms. The van der Waals surface area contributed by atoms with E-state index in [-0.39, 0.29) is 5.69 Å². The van der Waals surface area contributed by atoms with Crippen molar-refractivity contribution < 1.29 is 9.90 Å². The molecule has 0 unspecified atom stereocenters. The lowest BCUT2D eigenvalue weighted by atomic mass is 10.1. The van der Waals surface area contributed by atoms with Crippen molar-refractivity contribution >= 4 is 16.7 Å². The van der Waals surface area contributed by atoms with E-state index >= 15 is 0 Å². The van der Waals surface area contributed by atoms with Crippen molar-refractivity contribution in [3.63, 3.8) is 0 Å². The lowest BCUT2D eigenvalue weighted by Gasteiger charge is -2.03. The van der Waals surface area contributed by atoms with Crippen LogP contribution in [0.3, 0.4) is 0 Å². The molecule has 0 fully saturated rings. The molecular formula is C14H11N3O2. The number of rotatable bonds is 2. The Morgan fingerprint density at radius 1 is 1.21 bits per heavy atom. The van der Waals surface area contributed by atoms with E-state index in [9.17, 15) is 4.79 Å². The molecule has 1 N–H and O–H groups in total. The molecule has 94 valence electrons. The van der Waals surface area contributed by atoms with Crippen LogP contribution in [0, 0.1) is 0 Å². The molecule has 3 aromatic rings. The fourth-order valence-corrected chi connectivity index (χ4v) is 2.09. The molecule has 0 aliphatic heterocycles. The highest BCUT2D eigenvalue weighted by Gasteiger charge is 2.12. The van der Waals surface area contributed by atoms with Gasteiger partial charge in [0.15, 0.2) is 5.69 Å². The van der Waals surface area contributed by atoms with Gasteiger partial charge in [0.2, 0.25) is 0 Å². The summed E-state index contributed by atoms with van der Waals surface area (Å²) in [6.45, 7) is 0. The molecule has 0 saturated carbocycles. The van der Waals surface area contributed by atoms with Gasteiger partial charge in [0, 0.05) is 30.4 Å². The monoisotopic (exact) mass is 253 g/mol. The fourth-order valence-electron chi connectivity index (χ4n) is 2.09. The average molecular weight is 253 g/mol. The summed E-state index contributed by atoms with van der Waals surface area (Å²) in [6.07, 6.45) is 3.53. The second kappa shape index (κ2) is 4.20. The second-order valence-electron chi connectivity index (χ2n) is 4.28. The normalized spacial score (nSPS) is 10.8. The summed E-state index contributed by atoms with van der Waals surface area (Å²) >= 11 is 0. The SMILES string of the molecule is Cn1nc(C(=O)O)cc1-c1ccc2ccncc2c1. The molecule has 0 aliphatic carbocycles. The summed E-state index contributed by atoms with van der Waals surface area (Å²) < 4.78 is 1.57. The second-order valence-corrected chi connectivity index (χ2v) is 4.28. The fraction of sp³-hybridized carbons (Fsp3) is 0.0714. The van der Waals surface area contributed by atoms with Gasteiger partial charge in [0.05, 0.1) is 5.69 Å². The Bertz CT molecular complexity index is 777. The minimum absolute atomic E-state index is 0.0452. The van der Waals surface area contributed by atoms with Crippen molar-refractivity contribution in [1.82, 2.24) is 14.8 Å². The number of fused-ring (bicyclic) bond motifs is 1. The first-order valence-corrected chi connectivity index (χ1v) is 5.76. The van der Waals surface area contributed by atoms with Gasteiger partial charge in [-0.15, -0.1) is 0 Å². The third-order valence-corrected chi connectivity index (χ3v) is 3.04. The number of benzene rings is 1. The van der Waals surface area contributed by atoms with Crippen LogP contribution in [-0.4, -0.2) is 25.8 Å². The average Bonchev–Trinajstić information content (AvgIpc) is 2.80. The van der Waals surface area contributed by atoms with Crippen LogP contribution < -0.4 is 0 Å². The van der Waals surface area contributed by atoms with Crippen LogP contribution in [0.1, 0.15) is 10.5 Å². The first-order valence-electron chi connectivity index (χ1n) is 5.76. The maximum Gasteiger partial charge on any atom is 0.356 e. The third kappa shape index (κ3) is 1.95. The molecule has 2 aromatic heterocycles. The molecule has 5 heteroatoms. The molecule has 0 saturated heterocycles. The van der Waals surface area contributed by atoms with Crippen molar-refractivity contribution in [2.24, 2.45) is 7.05 Å².